The first kappa shape index (κ1) is 11.0. The average molecular weight is 215 g/mol. The zero-order valence-corrected chi connectivity index (χ0v) is 8.93. The maximum absolute atomic E-state index is 11.5. The number of hydrogen-bond acceptors (Lipinski definition) is 4. The summed E-state index contributed by atoms with van der Waals surface area (Å²) >= 11 is 1.32. The molecule has 0 aliphatic carbocycles. The lowest BCUT2D eigenvalue weighted by Crippen LogP contribution is -2.34. The van der Waals surface area contributed by atoms with Gasteiger partial charge in [0.1, 0.15) is 5.75 Å². The third-order valence-corrected chi connectivity index (χ3v) is 2.59. The van der Waals surface area contributed by atoms with E-state index >= 15 is 0 Å². The van der Waals surface area contributed by atoms with Gasteiger partial charge >= 0.3 is 0 Å². The number of rotatable bonds is 4. The summed E-state index contributed by atoms with van der Waals surface area (Å²) in [6.07, 6.45) is 0. The van der Waals surface area contributed by atoms with E-state index in [-0.39, 0.29) is 18.6 Å². The van der Waals surface area contributed by atoms with E-state index in [1.165, 1.54) is 11.3 Å². The number of ether oxygens (including phenoxy) is 1. The van der Waals surface area contributed by atoms with Crippen molar-refractivity contribution in [2.45, 2.75) is 13.0 Å². The molecular formula is C9H13NO3S. The molecule has 78 valence electrons. The quantitative estimate of drug-likeness (QED) is 0.783. The first-order valence-electron chi connectivity index (χ1n) is 4.21. The molecular weight excluding hydrogens is 202 g/mol. The summed E-state index contributed by atoms with van der Waals surface area (Å²) in [7, 11) is 1.56. The molecule has 5 heteroatoms. The summed E-state index contributed by atoms with van der Waals surface area (Å²) in [5.74, 6) is 0.497. The first-order valence-corrected chi connectivity index (χ1v) is 5.09. The number of nitrogens with one attached hydrogen (secondary N) is 1. The molecule has 0 unspecified atom stereocenters. The highest BCUT2D eigenvalue weighted by Crippen LogP contribution is 2.20. The molecule has 0 saturated heterocycles. The fourth-order valence-electron chi connectivity index (χ4n) is 0.885. The van der Waals surface area contributed by atoms with Crippen molar-refractivity contribution >= 4 is 17.2 Å². The van der Waals surface area contributed by atoms with Crippen molar-refractivity contribution in [1.82, 2.24) is 5.32 Å². The van der Waals surface area contributed by atoms with Gasteiger partial charge in [-0.2, -0.15) is 0 Å². The van der Waals surface area contributed by atoms with Crippen LogP contribution >= 0.6 is 11.3 Å². The largest absolute Gasteiger partial charge is 0.496 e. The van der Waals surface area contributed by atoms with Crippen molar-refractivity contribution in [2.24, 2.45) is 0 Å². The fraction of sp³-hybridized carbons (Fsp3) is 0.444. The summed E-state index contributed by atoms with van der Waals surface area (Å²) in [6.45, 7) is 1.68. The first-order chi connectivity index (χ1) is 6.67. The highest BCUT2D eigenvalue weighted by molar-refractivity contribution is 7.12. The smallest absolute Gasteiger partial charge is 0.261 e. The molecule has 1 atom stereocenters. The monoisotopic (exact) mass is 215 g/mol. The molecule has 0 aromatic carbocycles. The van der Waals surface area contributed by atoms with Gasteiger partial charge in [-0.3, -0.25) is 4.79 Å². The lowest BCUT2D eigenvalue weighted by atomic mass is 10.3. The molecule has 1 aromatic rings. The van der Waals surface area contributed by atoms with E-state index in [1.54, 1.807) is 25.5 Å². The van der Waals surface area contributed by atoms with Gasteiger partial charge in [-0.25, -0.2) is 0 Å². The normalized spacial score (nSPS) is 12.2. The van der Waals surface area contributed by atoms with Crippen LogP contribution in [0, 0.1) is 0 Å². The molecule has 0 bridgehead atoms. The molecule has 4 nitrogen and oxygen atoms in total. The second kappa shape index (κ2) is 4.97. The molecule has 2 N–H and O–H groups in total. The Morgan fingerprint density at radius 3 is 3.00 bits per heavy atom. The molecule has 1 heterocycles. The Labute approximate surface area is 86.5 Å². The Morgan fingerprint density at radius 1 is 1.79 bits per heavy atom. The van der Waals surface area contributed by atoms with Gasteiger partial charge < -0.3 is 15.2 Å². The third-order valence-electron chi connectivity index (χ3n) is 1.69. The molecule has 1 rings (SSSR count). The van der Waals surface area contributed by atoms with E-state index in [9.17, 15) is 4.79 Å². The zero-order valence-electron chi connectivity index (χ0n) is 8.11. The Morgan fingerprint density at radius 2 is 2.50 bits per heavy atom. The molecule has 0 fully saturated rings. The summed E-state index contributed by atoms with van der Waals surface area (Å²) in [6, 6.07) is 1.44. The van der Waals surface area contributed by atoms with Crippen LogP contribution in [-0.2, 0) is 0 Å². The van der Waals surface area contributed by atoms with Crippen LogP contribution in [0.25, 0.3) is 0 Å². The predicted octanol–water partition coefficient (Wildman–Crippen LogP) is 0.867. The summed E-state index contributed by atoms with van der Waals surface area (Å²) in [5, 5.41) is 13.2. The number of thiophene rings is 1. The summed E-state index contributed by atoms with van der Waals surface area (Å²) < 4.78 is 4.96. The standard InChI is InChI=1S/C9H13NO3S/c1-6(4-11)10-9(12)8-3-7(13-2)5-14-8/h3,5-6,11H,4H2,1-2H3,(H,10,12)/t6-/m0/s1. The summed E-state index contributed by atoms with van der Waals surface area (Å²) in [4.78, 5) is 12.1. The van der Waals surface area contributed by atoms with Gasteiger partial charge in [0.15, 0.2) is 0 Å². The van der Waals surface area contributed by atoms with Gasteiger partial charge in [-0.1, -0.05) is 0 Å². The highest BCUT2D eigenvalue weighted by Gasteiger charge is 2.11. The van der Waals surface area contributed by atoms with E-state index in [0.717, 1.165) is 0 Å². The Hall–Kier alpha value is -1.07. The van der Waals surface area contributed by atoms with Crippen LogP contribution in [-0.4, -0.2) is 30.8 Å². The number of aliphatic hydroxyl groups is 1. The van der Waals surface area contributed by atoms with Gasteiger partial charge in [0, 0.05) is 17.5 Å². The van der Waals surface area contributed by atoms with Crippen LogP contribution in [0.3, 0.4) is 0 Å². The third kappa shape index (κ3) is 2.71. The molecule has 0 aliphatic rings. The SMILES string of the molecule is COc1csc(C(=O)N[C@@H](C)CO)c1. The maximum atomic E-state index is 11.5. The van der Waals surface area contributed by atoms with Crippen molar-refractivity contribution < 1.29 is 14.6 Å². The van der Waals surface area contributed by atoms with E-state index in [2.05, 4.69) is 5.32 Å². The van der Waals surface area contributed by atoms with Crippen LogP contribution < -0.4 is 10.1 Å². The number of carbonyl (C=O) groups is 1. The van der Waals surface area contributed by atoms with E-state index in [4.69, 9.17) is 9.84 Å². The van der Waals surface area contributed by atoms with Crippen LogP contribution in [0.2, 0.25) is 0 Å². The van der Waals surface area contributed by atoms with Gasteiger partial charge in [0.25, 0.3) is 5.91 Å². The minimum atomic E-state index is -0.226. The van der Waals surface area contributed by atoms with Crippen molar-refractivity contribution in [2.75, 3.05) is 13.7 Å². The lowest BCUT2D eigenvalue weighted by Gasteiger charge is -2.08. The number of hydrogen-bond donors (Lipinski definition) is 2. The number of amides is 1. The summed E-state index contributed by atoms with van der Waals surface area (Å²) in [5.41, 5.74) is 0. The van der Waals surface area contributed by atoms with Crippen LogP contribution in [0.1, 0.15) is 16.6 Å². The average Bonchev–Trinajstić information content (AvgIpc) is 2.65. The molecule has 0 radical (unpaired) electrons. The lowest BCUT2D eigenvalue weighted by molar-refractivity contribution is 0.0926. The van der Waals surface area contributed by atoms with Crippen LogP contribution in [0.4, 0.5) is 0 Å². The zero-order chi connectivity index (χ0) is 10.6. The Bertz CT molecular complexity index is 311. The van der Waals surface area contributed by atoms with Gasteiger partial charge in [-0.05, 0) is 6.92 Å². The highest BCUT2D eigenvalue weighted by atomic mass is 32.1. The fourth-order valence-corrected chi connectivity index (χ4v) is 1.64. The molecule has 0 spiro atoms. The van der Waals surface area contributed by atoms with Crippen molar-refractivity contribution in [3.05, 3.63) is 16.3 Å². The van der Waals surface area contributed by atoms with Crippen molar-refractivity contribution in [1.29, 1.82) is 0 Å². The van der Waals surface area contributed by atoms with Crippen molar-refractivity contribution in [3.63, 3.8) is 0 Å². The minimum Gasteiger partial charge on any atom is -0.496 e. The molecule has 1 aromatic heterocycles. The molecule has 1 amide bonds. The van der Waals surface area contributed by atoms with Crippen LogP contribution in [0.5, 0.6) is 5.75 Å². The number of carbonyl (C=O) groups excluding carboxylic acids is 1. The van der Waals surface area contributed by atoms with Gasteiger partial charge in [-0.15, -0.1) is 11.3 Å². The number of methoxy groups -OCH3 is 1. The second-order valence-electron chi connectivity index (χ2n) is 2.91. The van der Waals surface area contributed by atoms with E-state index < -0.39 is 0 Å². The van der Waals surface area contributed by atoms with Gasteiger partial charge in [0.2, 0.25) is 0 Å². The molecule has 0 saturated carbocycles. The Kier molecular flexibility index (Phi) is 3.91. The van der Waals surface area contributed by atoms with Crippen LogP contribution in [0.15, 0.2) is 11.4 Å². The van der Waals surface area contributed by atoms with Gasteiger partial charge in [0.05, 0.1) is 18.6 Å². The minimum absolute atomic E-state index is 0.0613. The van der Waals surface area contributed by atoms with E-state index in [1.807, 2.05) is 0 Å². The van der Waals surface area contributed by atoms with Crippen molar-refractivity contribution in [3.8, 4) is 5.75 Å². The molecule has 14 heavy (non-hydrogen) atoms. The topological polar surface area (TPSA) is 58.6 Å². The molecule has 0 aliphatic heterocycles. The predicted molar refractivity (Wildman–Crippen MR) is 54.9 cm³/mol. The number of aliphatic hydroxyl groups excluding tert-OH is 1. The second-order valence-corrected chi connectivity index (χ2v) is 3.82. The Balaban J connectivity index is 2.60. The maximum Gasteiger partial charge on any atom is 0.261 e. The van der Waals surface area contributed by atoms with E-state index in [0.29, 0.717) is 10.6 Å².